The van der Waals surface area contributed by atoms with Gasteiger partial charge in [0.2, 0.25) is 0 Å². The van der Waals surface area contributed by atoms with Crippen molar-refractivity contribution < 1.29 is 9.53 Å². The van der Waals surface area contributed by atoms with Crippen molar-refractivity contribution >= 4 is 11.8 Å². The number of nitrogens with zero attached hydrogens (tertiary/aromatic N) is 5. The Morgan fingerprint density at radius 2 is 2.28 bits per heavy atom. The fourth-order valence-electron chi connectivity index (χ4n) is 3.34. The zero-order chi connectivity index (χ0) is 17.8. The van der Waals surface area contributed by atoms with Crippen LogP contribution in [0.15, 0.2) is 24.5 Å². The molecule has 2 aromatic heterocycles. The smallest absolute Gasteiger partial charge is 0.323 e. The number of nitrogens with one attached hydrogen (secondary N) is 1. The maximum Gasteiger partial charge on any atom is 0.323 e. The largest absolute Gasteiger partial charge is 0.382 e. The molecule has 2 aromatic rings. The molecule has 25 heavy (non-hydrogen) atoms. The van der Waals surface area contributed by atoms with Crippen molar-refractivity contribution in [2.45, 2.75) is 38.3 Å². The van der Waals surface area contributed by atoms with Gasteiger partial charge in [0.1, 0.15) is 0 Å². The number of aromatic nitrogens is 4. The maximum absolute atomic E-state index is 12.8. The summed E-state index contributed by atoms with van der Waals surface area (Å²) in [5, 5.41) is 11.6. The van der Waals surface area contributed by atoms with Gasteiger partial charge < -0.3 is 9.64 Å². The van der Waals surface area contributed by atoms with Crippen molar-refractivity contribution in [3.8, 4) is 0 Å². The Hall–Kier alpha value is -2.35. The van der Waals surface area contributed by atoms with E-state index in [9.17, 15) is 4.79 Å². The second kappa shape index (κ2) is 7.69. The molecule has 136 valence electrons. The zero-order valence-electron chi connectivity index (χ0n) is 15.1. The number of aryl methyl sites for hydroxylation is 1. The van der Waals surface area contributed by atoms with Crippen molar-refractivity contribution in [2.24, 2.45) is 7.05 Å². The molecule has 3 rings (SSSR count). The summed E-state index contributed by atoms with van der Waals surface area (Å²) in [6.07, 6.45) is 6.71. The van der Waals surface area contributed by atoms with Gasteiger partial charge >= 0.3 is 6.03 Å². The van der Waals surface area contributed by atoms with Crippen molar-refractivity contribution in [1.82, 2.24) is 24.5 Å². The number of anilines is 1. The molecule has 0 unspecified atom stereocenters. The van der Waals surface area contributed by atoms with Crippen LogP contribution in [-0.2, 0) is 11.8 Å². The van der Waals surface area contributed by atoms with Gasteiger partial charge in [-0.1, -0.05) is 0 Å². The normalized spacial score (nSPS) is 19.0. The minimum Gasteiger partial charge on any atom is -0.382 e. The predicted molar refractivity (Wildman–Crippen MR) is 94.3 cm³/mol. The Morgan fingerprint density at radius 3 is 3.00 bits per heavy atom. The fraction of sp³-hybridized carbons (Fsp3) is 0.588. The number of ether oxygens (including phenoxy) is 1. The van der Waals surface area contributed by atoms with Gasteiger partial charge in [-0.3, -0.25) is 14.7 Å². The molecule has 1 fully saturated rings. The third-order valence-electron chi connectivity index (χ3n) is 4.67. The molecule has 0 radical (unpaired) electrons. The summed E-state index contributed by atoms with van der Waals surface area (Å²) in [6, 6.07) is 3.85. The lowest BCUT2D eigenvalue weighted by Gasteiger charge is -2.35. The maximum atomic E-state index is 12.8. The predicted octanol–water partition coefficient (Wildman–Crippen LogP) is 2.58. The Kier molecular flexibility index (Phi) is 5.37. The highest BCUT2D eigenvalue weighted by molar-refractivity contribution is 5.88. The Balaban J connectivity index is 1.70. The minimum absolute atomic E-state index is 0.0516. The van der Waals surface area contributed by atoms with Crippen LogP contribution >= 0.6 is 0 Å². The third-order valence-corrected chi connectivity index (χ3v) is 4.67. The van der Waals surface area contributed by atoms with E-state index < -0.39 is 0 Å². The van der Waals surface area contributed by atoms with Crippen LogP contribution in [0.1, 0.15) is 44.0 Å². The van der Waals surface area contributed by atoms with Crippen LogP contribution < -0.4 is 5.32 Å². The van der Waals surface area contributed by atoms with Gasteiger partial charge in [-0.25, -0.2) is 4.79 Å². The van der Waals surface area contributed by atoms with Gasteiger partial charge in [-0.15, -0.1) is 0 Å². The number of likely N-dealkylation sites (tertiary alicyclic amines) is 1. The first-order valence-electron chi connectivity index (χ1n) is 8.69. The standard InChI is InChI=1S/C17H26N6O2/c1-13(12-25-3)23-11-8-16(20-23)19-17(24)22-10-5-4-6-15(22)14-7-9-18-21(14)2/h7-9,11,13,15H,4-6,10,12H2,1-3H3,(H,19,20,24)/t13-,15-/m0/s1. The molecule has 1 N–H and O–H groups in total. The molecule has 0 spiro atoms. The molecular weight excluding hydrogens is 320 g/mol. The zero-order valence-corrected chi connectivity index (χ0v) is 15.1. The highest BCUT2D eigenvalue weighted by Gasteiger charge is 2.30. The number of hydrogen-bond acceptors (Lipinski definition) is 4. The van der Waals surface area contributed by atoms with E-state index in [0.717, 1.165) is 31.5 Å². The molecule has 3 heterocycles. The molecule has 8 heteroatoms. The van der Waals surface area contributed by atoms with E-state index in [1.807, 2.05) is 41.9 Å². The molecule has 0 bridgehead atoms. The Bertz CT molecular complexity index is 710. The number of hydrogen-bond donors (Lipinski definition) is 1. The second-order valence-electron chi connectivity index (χ2n) is 6.50. The third kappa shape index (κ3) is 3.84. The first-order valence-corrected chi connectivity index (χ1v) is 8.69. The van der Waals surface area contributed by atoms with E-state index in [1.54, 1.807) is 18.0 Å². The van der Waals surface area contributed by atoms with Gasteiger partial charge in [-0.05, 0) is 32.3 Å². The van der Waals surface area contributed by atoms with Crippen molar-refractivity contribution in [3.05, 3.63) is 30.2 Å². The molecule has 1 aliphatic heterocycles. The van der Waals surface area contributed by atoms with Crippen LogP contribution in [0, 0.1) is 0 Å². The lowest BCUT2D eigenvalue weighted by Crippen LogP contribution is -2.41. The van der Waals surface area contributed by atoms with Crippen LogP contribution in [0.4, 0.5) is 10.6 Å². The lowest BCUT2D eigenvalue weighted by atomic mass is 10.00. The minimum atomic E-state index is -0.115. The number of carbonyl (C=O) groups is 1. The monoisotopic (exact) mass is 346 g/mol. The van der Waals surface area contributed by atoms with Gasteiger partial charge in [0, 0.05) is 39.2 Å². The molecule has 0 saturated carbocycles. The van der Waals surface area contributed by atoms with Gasteiger partial charge in [0.15, 0.2) is 5.82 Å². The molecule has 1 saturated heterocycles. The summed E-state index contributed by atoms with van der Waals surface area (Å²) < 4.78 is 8.79. The SMILES string of the molecule is COC[C@H](C)n1ccc(NC(=O)N2CCCC[C@H]2c2ccnn2C)n1. The van der Waals surface area contributed by atoms with Gasteiger partial charge in [-0.2, -0.15) is 10.2 Å². The summed E-state index contributed by atoms with van der Waals surface area (Å²) in [4.78, 5) is 14.7. The molecule has 0 aliphatic carbocycles. The van der Waals surface area contributed by atoms with Crippen LogP contribution in [0.5, 0.6) is 0 Å². The van der Waals surface area contributed by atoms with E-state index in [1.165, 1.54) is 0 Å². The fourth-order valence-corrected chi connectivity index (χ4v) is 3.34. The first kappa shape index (κ1) is 17.5. The number of piperidine rings is 1. The van der Waals surface area contributed by atoms with Crippen molar-refractivity contribution in [1.29, 1.82) is 0 Å². The topological polar surface area (TPSA) is 77.2 Å². The summed E-state index contributed by atoms with van der Waals surface area (Å²) in [6.45, 7) is 3.33. The summed E-state index contributed by atoms with van der Waals surface area (Å²) >= 11 is 0. The molecule has 1 aliphatic rings. The molecule has 8 nitrogen and oxygen atoms in total. The highest BCUT2D eigenvalue weighted by atomic mass is 16.5. The number of methoxy groups -OCH3 is 1. The number of amides is 2. The summed E-state index contributed by atoms with van der Waals surface area (Å²) in [5.41, 5.74) is 1.06. The van der Waals surface area contributed by atoms with Gasteiger partial charge in [0.25, 0.3) is 0 Å². The van der Waals surface area contributed by atoms with E-state index in [2.05, 4.69) is 15.5 Å². The van der Waals surface area contributed by atoms with Crippen molar-refractivity contribution in [3.63, 3.8) is 0 Å². The van der Waals surface area contributed by atoms with Crippen LogP contribution in [0.2, 0.25) is 0 Å². The van der Waals surface area contributed by atoms with Gasteiger partial charge in [0.05, 0.1) is 24.4 Å². The highest BCUT2D eigenvalue weighted by Crippen LogP contribution is 2.30. The number of carbonyl (C=O) groups excluding carboxylic acids is 1. The molecule has 2 atom stereocenters. The summed E-state index contributed by atoms with van der Waals surface area (Å²) in [7, 11) is 3.58. The second-order valence-corrected chi connectivity index (χ2v) is 6.50. The van der Waals surface area contributed by atoms with E-state index in [-0.39, 0.29) is 18.1 Å². The van der Waals surface area contributed by atoms with Crippen LogP contribution in [-0.4, -0.2) is 50.8 Å². The van der Waals surface area contributed by atoms with E-state index in [4.69, 9.17) is 4.74 Å². The molecule has 2 amide bonds. The molecule has 0 aromatic carbocycles. The van der Waals surface area contributed by atoms with Crippen LogP contribution in [0.3, 0.4) is 0 Å². The Labute approximate surface area is 147 Å². The first-order chi connectivity index (χ1) is 12.1. The quantitative estimate of drug-likeness (QED) is 0.903. The number of rotatable bonds is 5. The van der Waals surface area contributed by atoms with Crippen LogP contribution in [0.25, 0.3) is 0 Å². The van der Waals surface area contributed by atoms with E-state index >= 15 is 0 Å². The lowest BCUT2D eigenvalue weighted by molar-refractivity contribution is 0.156. The Morgan fingerprint density at radius 1 is 1.44 bits per heavy atom. The number of urea groups is 1. The van der Waals surface area contributed by atoms with E-state index in [0.29, 0.717) is 12.4 Å². The average Bonchev–Trinajstić information content (AvgIpc) is 3.24. The average molecular weight is 346 g/mol. The van der Waals surface area contributed by atoms with Crippen molar-refractivity contribution in [2.75, 3.05) is 25.6 Å². The summed E-state index contributed by atoms with van der Waals surface area (Å²) in [5.74, 6) is 0.558. The molecular formula is C17H26N6O2.